The van der Waals surface area contributed by atoms with Crippen LogP contribution >= 0.6 is 23.2 Å². The molecule has 0 saturated heterocycles. The molecule has 1 aliphatic rings. The number of benzene rings is 3. The van der Waals surface area contributed by atoms with Crippen molar-refractivity contribution >= 4 is 52.5 Å². The Morgan fingerprint density at radius 2 is 1.69 bits per heavy atom. The third-order valence-electron chi connectivity index (χ3n) is 4.70. The largest absolute Gasteiger partial charge is 0.366 e. The van der Waals surface area contributed by atoms with Crippen LogP contribution in [-0.2, 0) is 9.59 Å². The lowest BCUT2D eigenvalue weighted by Gasteiger charge is -2.17. The number of carbonyl (C=O) groups excluding carboxylic acids is 2. The predicted octanol–water partition coefficient (Wildman–Crippen LogP) is 4.99. The number of hydrogen-bond donors (Lipinski definition) is 1. The molecule has 0 spiro atoms. The fourth-order valence-electron chi connectivity index (χ4n) is 3.08. The van der Waals surface area contributed by atoms with Crippen molar-refractivity contribution < 1.29 is 9.59 Å². The summed E-state index contributed by atoms with van der Waals surface area (Å²) in [4.78, 5) is 28.5. The zero-order chi connectivity index (χ0) is 23.1. The number of carbonyl (C=O) groups is 2. The highest BCUT2D eigenvalue weighted by Crippen LogP contribution is 2.25. The number of nitrogens with zero attached hydrogens (tertiary/aromatic N) is 2. The second-order valence-electron chi connectivity index (χ2n) is 6.91. The van der Waals surface area contributed by atoms with Gasteiger partial charge >= 0.3 is 0 Å². The Morgan fingerprint density at radius 3 is 2.38 bits per heavy atom. The molecule has 0 radical (unpaired) electrons. The van der Waals surface area contributed by atoms with Crippen LogP contribution < -0.4 is 10.6 Å². The van der Waals surface area contributed by atoms with Gasteiger partial charge in [0.25, 0.3) is 0 Å². The molecule has 3 aromatic rings. The molecule has 1 aliphatic heterocycles. The quantitative estimate of drug-likeness (QED) is 0.552. The number of primary amides is 1. The fraction of sp³-hybridized carbons (Fsp3) is 0.0800. The van der Waals surface area contributed by atoms with Gasteiger partial charge in [0, 0.05) is 24.3 Å². The topological polar surface area (TPSA) is 75.8 Å². The fourth-order valence-corrected chi connectivity index (χ4v) is 3.38. The third kappa shape index (κ3) is 5.84. The van der Waals surface area contributed by atoms with Gasteiger partial charge in [-0.2, -0.15) is 0 Å². The summed E-state index contributed by atoms with van der Waals surface area (Å²) in [6.45, 7) is 0.190. The lowest BCUT2D eigenvalue weighted by Crippen LogP contribution is -2.27. The van der Waals surface area contributed by atoms with Crippen LogP contribution in [0.2, 0.25) is 10.0 Å². The zero-order valence-electron chi connectivity index (χ0n) is 17.3. The molecule has 2 amide bonds. The Bertz CT molecular complexity index is 1190. The van der Waals surface area contributed by atoms with E-state index in [1.165, 1.54) is 6.08 Å². The monoisotopic (exact) mass is 465 g/mol. The molecule has 0 aliphatic carbocycles. The number of halogens is 2. The predicted molar refractivity (Wildman–Crippen MR) is 131 cm³/mol. The summed E-state index contributed by atoms with van der Waals surface area (Å²) in [7, 11) is 1.80. The van der Waals surface area contributed by atoms with Crippen molar-refractivity contribution in [3.8, 4) is 0 Å². The summed E-state index contributed by atoms with van der Waals surface area (Å²) < 4.78 is 0. The van der Waals surface area contributed by atoms with Gasteiger partial charge in [-0.1, -0.05) is 77.8 Å². The molecule has 0 saturated carbocycles. The van der Waals surface area contributed by atoms with E-state index in [4.69, 9.17) is 28.9 Å². The van der Waals surface area contributed by atoms with E-state index in [0.717, 1.165) is 28.1 Å². The summed E-state index contributed by atoms with van der Waals surface area (Å²) in [5.41, 5.74) is 9.54. The summed E-state index contributed by atoms with van der Waals surface area (Å²) in [6.07, 6.45) is 2.84. The van der Waals surface area contributed by atoms with Gasteiger partial charge in [0.15, 0.2) is 0 Å². The maximum absolute atomic E-state index is 12.0. The van der Waals surface area contributed by atoms with Crippen LogP contribution in [0.5, 0.6) is 0 Å². The highest BCUT2D eigenvalue weighted by Gasteiger charge is 2.21. The number of para-hydroxylation sites is 1. The lowest BCUT2D eigenvalue weighted by molar-refractivity contribution is -0.117. The molecule has 162 valence electrons. The van der Waals surface area contributed by atoms with Crippen molar-refractivity contribution in [2.75, 3.05) is 18.5 Å². The second kappa shape index (κ2) is 10.8. The van der Waals surface area contributed by atoms with Gasteiger partial charge in [-0.3, -0.25) is 14.6 Å². The van der Waals surface area contributed by atoms with Gasteiger partial charge in [0.1, 0.15) is 6.54 Å². The van der Waals surface area contributed by atoms with Gasteiger partial charge in [0.05, 0.1) is 21.4 Å². The minimum atomic E-state index is -0.494. The molecule has 4 rings (SSSR count). The maximum Gasteiger partial charge on any atom is 0.248 e. The smallest absolute Gasteiger partial charge is 0.248 e. The average Bonchev–Trinajstić information content (AvgIpc) is 2.92. The molecule has 0 fully saturated rings. The summed E-state index contributed by atoms with van der Waals surface area (Å²) in [5.74, 6) is -0.482. The van der Waals surface area contributed by atoms with Crippen molar-refractivity contribution in [1.29, 1.82) is 0 Å². The Hall–Kier alpha value is -3.41. The van der Waals surface area contributed by atoms with E-state index >= 15 is 0 Å². The Morgan fingerprint density at radius 1 is 1.00 bits per heavy atom. The van der Waals surface area contributed by atoms with Crippen LogP contribution in [0.25, 0.3) is 6.08 Å². The molecule has 0 unspecified atom stereocenters. The van der Waals surface area contributed by atoms with Gasteiger partial charge in [0.2, 0.25) is 11.8 Å². The van der Waals surface area contributed by atoms with E-state index < -0.39 is 5.91 Å². The van der Waals surface area contributed by atoms with E-state index in [2.05, 4.69) is 4.99 Å². The van der Waals surface area contributed by atoms with Crippen LogP contribution in [0.4, 0.5) is 5.69 Å². The van der Waals surface area contributed by atoms with Crippen molar-refractivity contribution in [1.82, 2.24) is 0 Å². The van der Waals surface area contributed by atoms with Crippen molar-refractivity contribution in [3.05, 3.63) is 106 Å². The van der Waals surface area contributed by atoms with E-state index in [9.17, 15) is 9.59 Å². The number of fused-ring (bicyclic) bond motifs is 1. The number of aliphatic imine (C=N–C) groups is 1. The number of amides is 2. The summed E-state index contributed by atoms with van der Waals surface area (Å²) >= 11 is 11.4. The first-order valence-electron chi connectivity index (χ1n) is 9.75. The van der Waals surface area contributed by atoms with E-state index in [0.29, 0.717) is 10.0 Å². The SMILES string of the molecule is CN1C(=O)CN=C(c2ccccc2)c2ccccc21.NC(=O)/C=C/c1ccc(Cl)c(Cl)c1. The standard InChI is InChI=1S/C16H14N2O.C9H7Cl2NO/c1-18-14-10-6-5-9-13(14)16(17-11-15(18)19)12-7-3-2-4-8-12;10-7-3-1-6(5-8(7)11)2-4-9(12)13/h2-10H,11H2,1H3;1-5H,(H2,12,13)/b;4-2+. The second-order valence-corrected chi connectivity index (χ2v) is 7.72. The molecule has 2 N–H and O–H groups in total. The van der Waals surface area contributed by atoms with Crippen LogP contribution in [-0.4, -0.2) is 31.1 Å². The molecule has 3 aromatic carbocycles. The van der Waals surface area contributed by atoms with Crippen molar-refractivity contribution in [2.45, 2.75) is 0 Å². The zero-order valence-corrected chi connectivity index (χ0v) is 18.8. The minimum absolute atomic E-state index is 0.0124. The van der Waals surface area contributed by atoms with Crippen LogP contribution in [0.1, 0.15) is 16.7 Å². The van der Waals surface area contributed by atoms with E-state index in [1.807, 2.05) is 54.6 Å². The first-order chi connectivity index (χ1) is 15.4. The summed E-state index contributed by atoms with van der Waals surface area (Å²) in [5, 5.41) is 0.936. The van der Waals surface area contributed by atoms with Crippen LogP contribution in [0.15, 0.2) is 83.9 Å². The molecule has 7 heteroatoms. The molecule has 5 nitrogen and oxygen atoms in total. The summed E-state index contributed by atoms with van der Waals surface area (Å²) in [6, 6.07) is 22.9. The molecular weight excluding hydrogens is 445 g/mol. The Labute approximate surface area is 196 Å². The molecule has 0 atom stereocenters. The Kier molecular flexibility index (Phi) is 7.82. The molecule has 0 bridgehead atoms. The number of likely N-dealkylation sites (N-methyl/N-ethyl adjacent to an activating group) is 1. The number of anilines is 1. The molecule has 32 heavy (non-hydrogen) atoms. The highest BCUT2D eigenvalue weighted by molar-refractivity contribution is 6.42. The Balaban J connectivity index is 0.000000195. The van der Waals surface area contributed by atoms with Gasteiger partial charge in [-0.15, -0.1) is 0 Å². The van der Waals surface area contributed by atoms with Crippen molar-refractivity contribution in [3.63, 3.8) is 0 Å². The maximum atomic E-state index is 12.0. The number of benzodiazepines with no additional fused rings is 1. The van der Waals surface area contributed by atoms with Gasteiger partial charge < -0.3 is 10.6 Å². The highest BCUT2D eigenvalue weighted by atomic mass is 35.5. The molecule has 0 aromatic heterocycles. The number of nitrogens with two attached hydrogens (primary N) is 1. The van der Waals surface area contributed by atoms with E-state index in [-0.39, 0.29) is 12.5 Å². The number of rotatable bonds is 3. The normalized spacial score (nSPS) is 13.0. The van der Waals surface area contributed by atoms with Crippen LogP contribution in [0, 0.1) is 0 Å². The van der Waals surface area contributed by atoms with Gasteiger partial charge in [-0.05, 0) is 29.8 Å². The van der Waals surface area contributed by atoms with Crippen molar-refractivity contribution in [2.24, 2.45) is 10.7 Å². The van der Waals surface area contributed by atoms with E-state index in [1.54, 1.807) is 36.2 Å². The first kappa shape index (κ1) is 23.3. The lowest BCUT2D eigenvalue weighted by atomic mass is 10.0. The average molecular weight is 466 g/mol. The first-order valence-corrected chi connectivity index (χ1v) is 10.5. The van der Waals surface area contributed by atoms with Crippen LogP contribution in [0.3, 0.4) is 0 Å². The molecule has 1 heterocycles. The van der Waals surface area contributed by atoms with Gasteiger partial charge in [-0.25, -0.2) is 0 Å². The number of hydrogen-bond acceptors (Lipinski definition) is 3. The molecular formula is C25H21Cl2N3O2. The minimum Gasteiger partial charge on any atom is -0.366 e. The third-order valence-corrected chi connectivity index (χ3v) is 5.44.